The molecule has 2 aliphatic rings. The van der Waals surface area contributed by atoms with Crippen LogP contribution in [0.25, 0.3) is 0 Å². The molecule has 1 aromatic heterocycles. The Balaban J connectivity index is 0.000000202. The van der Waals surface area contributed by atoms with Crippen LogP contribution >= 0.6 is 0 Å². The second-order valence-corrected chi connectivity index (χ2v) is 12.9. The summed E-state index contributed by atoms with van der Waals surface area (Å²) in [7, 11) is 4.38. The molecule has 0 radical (unpaired) electrons. The van der Waals surface area contributed by atoms with E-state index in [1.54, 1.807) is 12.1 Å². The lowest BCUT2D eigenvalue weighted by Crippen LogP contribution is -2.41. The monoisotopic (exact) mass is 618 g/mol. The second-order valence-electron chi connectivity index (χ2n) is 12.9. The normalized spacial score (nSPS) is 17.1. The van der Waals surface area contributed by atoms with Crippen LogP contribution < -0.4 is 10.2 Å². The van der Waals surface area contributed by atoms with Crippen LogP contribution in [0.5, 0.6) is 0 Å². The fourth-order valence-corrected chi connectivity index (χ4v) is 5.21. The van der Waals surface area contributed by atoms with Crippen LogP contribution in [0.15, 0.2) is 79.5 Å². The van der Waals surface area contributed by atoms with E-state index in [2.05, 4.69) is 81.0 Å². The number of rotatable bonds is 8. The third kappa shape index (κ3) is 13.4. The zero-order valence-electron chi connectivity index (χ0n) is 27.9. The lowest BCUT2D eigenvalue weighted by Gasteiger charge is -2.35. The summed E-state index contributed by atoms with van der Waals surface area (Å²) in [5, 5.41) is 3.29. The van der Waals surface area contributed by atoms with Crippen molar-refractivity contribution in [2.75, 3.05) is 45.2 Å². The third-order valence-corrected chi connectivity index (χ3v) is 7.61. The number of nitrogens with zero attached hydrogens (tertiary/aromatic N) is 5. The van der Waals surface area contributed by atoms with Gasteiger partial charge in [-0.05, 0) is 98.4 Å². The van der Waals surface area contributed by atoms with Crippen molar-refractivity contribution < 1.29 is 13.9 Å². The first-order chi connectivity index (χ1) is 21.4. The highest BCUT2D eigenvalue weighted by Crippen LogP contribution is 2.18. The number of halogens is 1. The molecule has 1 unspecified atom stereocenters. The summed E-state index contributed by atoms with van der Waals surface area (Å²) in [5.41, 5.74) is 2.76. The minimum atomic E-state index is -0.254. The molecule has 0 bridgehead atoms. The van der Waals surface area contributed by atoms with E-state index in [1.165, 1.54) is 56.0 Å². The van der Waals surface area contributed by atoms with Crippen molar-refractivity contribution in [1.29, 1.82) is 0 Å². The Morgan fingerprint density at radius 2 is 1.64 bits per heavy atom. The first-order valence-electron chi connectivity index (χ1n) is 15.7. The Kier molecular flexibility index (Phi) is 14.0. The number of anilines is 1. The van der Waals surface area contributed by atoms with E-state index in [0.717, 1.165) is 43.9 Å². The zero-order chi connectivity index (χ0) is 32.8. The Morgan fingerprint density at radius 1 is 1.02 bits per heavy atom. The number of hydrogen-bond acceptors (Lipinski definition) is 8. The molecule has 2 fully saturated rings. The van der Waals surface area contributed by atoms with Crippen LogP contribution in [0, 0.1) is 12.7 Å². The summed E-state index contributed by atoms with van der Waals surface area (Å²) in [4.78, 5) is 26.0. The van der Waals surface area contributed by atoms with Gasteiger partial charge < -0.3 is 19.9 Å². The topological polar surface area (TPSA) is 73.8 Å². The predicted octanol–water partition coefficient (Wildman–Crippen LogP) is 6.09. The molecule has 3 aromatic rings. The lowest BCUT2D eigenvalue weighted by atomic mass is 10.0. The quantitative estimate of drug-likeness (QED) is 0.240. The number of ether oxygens (including phenoxy) is 1. The van der Waals surface area contributed by atoms with Crippen molar-refractivity contribution in [3.8, 4) is 0 Å². The van der Waals surface area contributed by atoms with Gasteiger partial charge >= 0.3 is 0 Å². The molecule has 2 saturated heterocycles. The van der Waals surface area contributed by atoms with Crippen LogP contribution in [0.1, 0.15) is 61.5 Å². The minimum Gasteiger partial charge on any atom is -0.474 e. The van der Waals surface area contributed by atoms with E-state index in [4.69, 9.17) is 4.74 Å². The maximum atomic E-state index is 12.1. The van der Waals surface area contributed by atoms with Gasteiger partial charge in [0, 0.05) is 44.1 Å². The smallest absolute Gasteiger partial charge is 0.225 e. The Labute approximate surface area is 269 Å². The first kappa shape index (κ1) is 35.7. The largest absolute Gasteiger partial charge is 0.474 e. The third-order valence-electron chi connectivity index (χ3n) is 7.61. The van der Waals surface area contributed by atoms with Crippen LogP contribution in [0.2, 0.25) is 0 Å². The van der Waals surface area contributed by atoms with Crippen molar-refractivity contribution >= 4 is 12.2 Å². The van der Waals surface area contributed by atoms with Gasteiger partial charge in [-0.3, -0.25) is 9.69 Å². The van der Waals surface area contributed by atoms with Gasteiger partial charge in [0.1, 0.15) is 11.4 Å². The molecule has 1 atom stereocenters. The van der Waals surface area contributed by atoms with Crippen LogP contribution in [0.4, 0.5) is 10.3 Å². The minimum absolute atomic E-state index is 0.171. The molecular formula is C36H51FN6O2. The van der Waals surface area contributed by atoms with Crippen molar-refractivity contribution in [3.63, 3.8) is 0 Å². The van der Waals surface area contributed by atoms with E-state index >= 15 is 0 Å². The number of piperidine rings is 1. The summed E-state index contributed by atoms with van der Waals surface area (Å²) in [6, 6.07) is 18.2. The molecule has 5 rings (SSSR count). The Hall–Kier alpha value is -3.82. The number of likely N-dealkylation sites (tertiary alicyclic amines) is 1. The highest BCUT2D eigenvalue weighted by Gasteiger charge is 2.25. The van der Waals surface area contributed by atoms with Crippen LogP contribution in [-0.2, 0) is 11.3 Å². The maximum absolute atomic E-state index is 12.1. The van der Waals surface area contributed by atoms with Crippen molar-refractivity contribution in [2.24, 2.45) is 0 Å². The van der Waals surface area contributed by atoms with Crippen molar-refractivity contribution in [2.45, 2.75) is 71.2 Å². The van der Waals surface area contributed by atoms with Crippen molar-refractivity contribution in [3.05, 3.63) is 102 Å². The summed E-state index contributed by atoms with van der Waals surface area (Å²) < 4.78 is 17.8. The average Bonchev–Trinajstić information content (AvgIpc) is 3.47. The summed E-state index contributed by atoms with van der Waals surface area (Å²) in [6.07, 6.45) is 7.40. The van der Waals surface area contributed by atoms with Gasteiger partial charge in [0.2, 0.25) is 5.95 Å². The molecule has 244 valence electrons. The van der Waals surface area contributed by atoms with E-state index in [1.807, 2.05) is 27.7 Å². The van der Waals surface area contributed by atoms with Crippen molar-refractivity contribution in [1.82, 2.24) is 25.1 Å². The molecule has 0 aliphatic carbocycles. The summed E-state index contributed by atoms with van der Waals surface area (Å²) >= 11 is 0. The Morgan fingerprint density at radius 3 is 2.18 bits per heavy atom. The van der Waals surface area contributed by atoms with Gasteiger partial charge in [0.05, 0.1) is 5.56 Å². The number of nitrogens with one attached hydrogen (secondary N) is 1. The van der Waals surface area contributed by atoms with Gasteiger partial charge in [0.25, 0.3) is 0 Å². The molecule has 3 heterocycles. The first-order valence-corrected chi connectivity index (χ1v) is 15.7. The molecule has 0 spiro atoms. The van der Waals surface area contributed by atoms with Gasteiger partial charge in [-0.1, -0.05) is 48.0 Å². The van der Waals surface area contributed by atoms with E-state index in [0.29, 0.717) is 17.4 Å². The molecule has 0 amide bonds. The number of carbonyl (C=O) groups excluding carboxylic acids is 1. The number of aryl methyl sites for hydroxylation is 1. The number of aldehydes is 1. The maximum Gasteiger partial charge on any atom is 0.225 e. The highest BCUT2D eigenvalue weighted by molar-refractivity contribution is 5.73. The zero-order valence-corrected chi connectivity index (χ0v) is 27.9. The fourth-order valence-electron chi connectivity index (χ4n) is 5.21. The summed E-state index contributed by atoms with van der Waals surface area (Å²) in [5.74, 6) is 1.06. The number of carbonyl (C=O) groups is 1. The number of aromatic nitrogens is 2. The highest BCUT2D eigenvalue weighted by atomic mass is 19.1. The Bertz CT molecular complexity index is 1270. The van der Waals surface area contributed by atoms with Crippen LogP contribution in [0.3, 0.4) is 0 Å². The van der Waals surface area contributed by atoms with E-state index in [9.17, 15) is 9.18 Å². The number of benzene rings is 2. The van der Waals surface area contributed by atoms with Gasteiger partial charge in [-0.2, -0.15) is 0 Å². The SMILES string of the molecule is C=C(NC1CCN(c2ncc(C=O)cn2)C1)OC(C)(C)C.CN(C)C1CCN(Cc2ccccc2)CC1.Cc1ccc(F)cc1. The molecule has 8 nitrogen and oxygen atoms in total. The molecule has 45 heavy (non-hydrogen) atoms. The van der Waals surface area contributed by atoms with Gasteiger partial charge in [-0.25, -0.2) is 14.4 Å². The standard InChI is InChI=1S/C15H22N4O2.C14H22N2.C7H7F/c1-11(21-15(2,3)4)18-13-5-6-19(9-13)14-16-7-12(10-20)8-17-14;1-15(2)14-8-10-16(11-9-14)12-13-6-4-3-5-7-13;1-6-2-4-7(8)5-3-6/h7-8,10,13,18H,1,5-6,9H2,2-4H3;3-7,14H,8-12H2,1-2H3;2-5H,1H3. The fraction of sp³-hybridized carbons (Fsp3) is 0.472. The second kappa shape index (κ2) is 17.6. The van der Waals surface area contributed by atoms with Gasteiger partial charge in [-0.15, -0.1) is 0 Å². The predicted molar refractivity (Wildman–Crippen MR) is 181 cm³/mol. The summed E-state index contributed by atoms with van der Waals surface area (Å²) in [6.45, 7) is 17.0. The molecule has 2 aromatic carbocycles. The van der Waals surface area contributed by atoms with Crippen LogP contribution in [-0.4, -0.2) is 84.0 Å². The number of hydrogen-bond donors (Lipinski definition) is 1. The molecule has 0 saturated carbocycles. The molecule has 2 aliphatic heterocycles. The van der Waals surface area contributed by atoms with Gasteiger partial charge in [0.15, 0.2) is 12.2 Å². The molecule has 1 N–H and O–H groups in total. The molecule has 9 heteroatoms. The molecular weight excluding hydrogens is 567 g/mol. The average molecular weight is 619 g/mol. The van der Waals surface area contributed by atoms with E-state index < -0.39 is 0 Å². The lowest BCUT2D eigenvalue weighted by molar-refractivity contribution is 0.0390. The van der Waals surface area contributed by atoms with E-state index in [-0.39, 0.29) is 17.5 Å².